The fourth-order valence-electron chi connectivity index (χ4n) is 3.12. The number of anilines is 1. The van der Waals surface area contributed by atoms with Crippen molar-refractivity contribution in [1.82, 2.24) is 9.80 Å². The van der Waals surface area contributed by atoms with Crippen LogP contribution in [0, 0.1) is 0 Å². The van der Waals surface area contributed by atoms with Crippen molar-refractivity contribution >= 4 is 23.2 Å². The summed E-state index contributed by atoms with van der Waals surface area (Å²) in [6, 6.07) is 7.93. The van der Waals surface area contributed by atoms with Crippen LogP contribution in [0.1, 0.15) is 12.8 Å². The number of carbonyl (C=O) groups is 1. The number of nitrogens with zero attached hydrogens (tertiary/aromatic N) is 3. The van der Waals surface area contributed by atoms with Crippen molar-refractivity contribution in [3.05, 3.63) is 29.3 Å². The normalized spacial score (nSPS) is 20.0. The Labute approximate surface area is 131 Å². The van der Waals surface area contributed by atoms with E-state index in [1.807, 2.05) is 23.1 Å². The summed E-state index contributed by atoms with van der Waals surface area (Å²) in [4.78, 5) is 18.9. The van der Waals surface area contributed by atoms with Gasteiger partial charge in [0.1, 0.15) is 0 Å². The molecule has 2 aliphatic rings. The van der Waals surface area contributed by atoms with Crippen LogP contribution in [0.15, 0.2) is 24.3 Å². The summed E-state index contributed by atoms with van der Waals surface area (Å²) in [7, 11) is 0. The van der Waals surface area contributed by atoms with Crippen LogP contribution >= 0.6 is 11.6 Å². The second-order valence-corrected chi connectivity index (χ2v) is 6.27. The van der Waals surface area contributed by atoms with E-state index in [2.05, 4.69) is 15.9 Å². The predicted molar refractivity (Wildman–Crippen MR) is 85.9 cm³/mol. The van der Waals surface area contributed by atoms with Gasteiger partial charge < -0.3 is 9.80 Å². The molecule has 1 aromatic rings. The van der Waals surface area contributed by atoms with E-state index in [0.29, 0.717) is 6.54 Å². The minimum atomic E-state index is 0.280. The van der Waals surface area contributed by atoms with E-state index in [-0.39, 0.29) is 5.91 Å². The molecule has 0 atom stereocenters. The number of piperazine rings is 1. The maximum Gasteiger partial charge on any atom is 0.236 e. The third-order valence-corrected chi connectivity index (χ3v) is 4.60. The Hall–Kier alpha value is -1.26. The Bertz CT molecular complexity index is 494. The SMILES string of the molecule is O=C(CN1CCCC1)N1CCN(c2cccc(Cl)c2)CC1. The molecule has 3 rings (SSSR count). The molecule has 0 bridgehead atoms. The maximum atomic E-state index is 12.3. The minimum absolute atomic E-state index is 0.280. The molecule has 2 fully saturated rings. The highest BCUT2D eigenvalue weighted by molar-refractivity contribution is 6.30. The van der Waals surface area contributed by atoms with Crippen LogP contribution in [0.25, 0.3) is 0 Å². The molecule has 0 saturated carbocycles. The van der Waals surface area contributed by atoms with E-state index in [1.165, 1.54) is 12.8 Å². The Morgan fingerprint density at radius 2 is 1.76 bits per heavy atom. The molecule has 0 unspecified atom stereocenters. The largest absolute Gasteiger partial charge is 0.368 e. The van der Waals surface area contributed by atoms with E-state index in [1.54, 1.807) is 0 Å². The Kier molecular flexibility index (Phi) is 4.66. The Morgan fingerprint density at radius 3 is 2.43 bits per heavy atom. The zero-order valence-electron chi connectivity index (χ0n) is 12.3. The summed E-state index contributed by atoms with van der Waals surface area (Å²) >= 11 is 6.04. The fourth-order valence-corrected chi connectivity index (χ4v) is 3.30. The molecule has 5 heteroatoms. The van der Waals surface area contributed by atoms with Crippen molar-refractivity contribution in [2.24, 2.45) is 0 Å². The predicted octanol–water partition coefficient (Wildman–Crippen LogP) is 2.08. The first-order valence-corrected chi connectivity index (χ1v) is 8.11. The van der Waals surface area contributed by atoms with Crippen molar-refractivity contribution in [2.45, 2.75) is 12.8 Å². The van der Waals surface area contributed by atoms with Gasteiger partial charge in [0.15, 0.2) is 0 Å². The monoisotopic (exact) mass is 307 g/mol. The van der Waals surface area contributed by atoms with E-state index in [9.17, 15) is 4.79 Å². The second kappa shape index (κ2) is 6.67. The average Bonchev–Trinajstić information content (AvgIpc) is 3.00. The highest BCUT2D eigenvalue weighted by Gasteiger charge is 2.23. The molecule has 114 valence electrons. The van der Waals surface area contributed by atoms with Crippen LogP contribution in [0.3, 0.4) is 0 Å². The van der Waals surface area contributed by atoms with Gasteiger partial charge in [-0.25, -0.2) is 0 Å². The average molecular weight is 308 g/mol. The third kappa shape index (κ3) is 3.69. The first kappa shape index (κ1) is 14.7. The lowest BCUT2D eigenvalue weighted by Gasteiger charge is -2.36. The van der Waals surface area contributed by atoms with Gasteiger partial charge in [-0.3, -0.25) is 9.69 Å². The number of halogens is 1. The first-order chi connectivity index (χ1) is 10.2. The van der Waals surface area contributed by atoms with Gasteiger partial charge in [0.2, 0.25) is 5.91 Å². The summed E-state index contributed by atoms with van der Waals surface area (Å²) in [6.07, 6.45) is 2.46. The number of amides is 1. The highest BCUT2D eigenvalue weighted by atomic mass is 35.5. The highest BCUT2D eigenvalue weighted by Crippen LogP contribution is 2.21. The van der Waals surface area contributed by atoms with Crippen LogP contribution in [0.4, 0.5) is 5.69 Å². The Balaban J connectivity index is 1.51. The summed E-state index contributed by atoms with van der Waals surface area (Å²) in [5.74, 6) is 0.280. The number of hydrogen-bond acceptors (Lipinski definition) is 3. The van der Waals surface area contributed by atoms with Crippen LogP contribution < -0.4 is 4.90 Å². The summed E-state index contributed by atoms with van der Waals surface area (Å²) < 4.78 is 0. The Morgan fingerprint density at radius 1 is 1.05 bits per heavy atom. The van der Waals surface area contributed by atoms with Crippen molar-refractivity contribution in [1.29, 1.82) is 0 Å². The van der Waals surface area contributed by atoms with Gasteiger partial charge in [-0.05, 0) is 44.1 Å². The van der Waals surface area contributed by atoms with Gasteiger partial charge in [-0.2, -0.15) is 0 Å². The molecule has 0 N–H and O–H groups in total. The fraction of sp³-hybridized carbons (Fsp3) is 0.562. The lowest BCUT2D eigenvalue weighted by molar-refractivity contribution is -0.132. The molecule has 0 aromatic heterocycles. The van der Waals surface area contributed by atoms with E-state index >= 15 is 0 Å². The van der Waals surface area contributed by atoms with Crippen molar-refractivity contribution in [3.63, 3.8) is 0 Å². The van der Waals surface area contributed by atoms with Crippen LogP contribution in [-0.2, 0) is 4.79 Å². The van der Waals surface area contributed by atoms with Gasteiger partial charge in [0.25, 0.3) is 0 Å². The molecule has 4 nitrogen and oxygen atoms in total. The number of benzene rings is 1. The molecule has 2 saturated heterocycles. The van der Waals surface area contributed by atoms with Crippen LogP contribution in [-0.4, -0.2) is 61.5 Å². The zero-order chi connectivity index (χ0) is 14.7. The first-order valence-electron chi connectivity index (χ1n) is 7.73. The van der Waals surface area contributed by atoms with Crippen molar-refractivity contribution < 1.29 is 4.79 Å². The summed E-state index contributed by atoms with van der Waals surface area (Å²) in [6.45, 7) is 6.12. The molecule has 2 heterocycles. The zero-order valence-corrected chi connectivity index (χ0v) is 13.1. The molecule has 0 spiro atoms. The number of likely N-dealkylation sites (tertiary alicyclic amines) is 1. The second-order valence-electron chi connectivity index (χ2n) is 5.83. The van der Waals surface area contributed by atoms with Gasteiger partial charge in [0.05, 0.1) is 6.54 Å². The summed E-state index contributed by atoms with van der Waals surface area (Å²) in [5, 5.41) is 0.764. The minimum Gasteiger partial charge on any atom is -0.368 e. The van der Waals surface area contributed by atoms with Gasteiger partial charge in [0, 0.05) is 36.9 Å². The van der Waals surface area contributed by atoms with E-state index in [4.69, 9.17) is 11.6 Å². The lowest BCUT2D eigenvalue weighted by Crippen LogP contribution is -2.51. The van der Waals surface area contributed by atoms with Gasteiger partial charge in [-0.1, -0.05) is 17.7 Å². The molecule has 0 aliphatic carbocycles. The number of rotatable bonds is 3. The van der Waals surface area contributed by atoms with Crippen LogP contribution in [0.2, 0.25) is 5.02 Å². The van der Waals surface area contributed by atoms with Crippen molar-refractivity contribution in [3.8, 4) is 0 Å². The van der Waals surface area contributed by atoms with Crippen LogP contribution in [0.5, 0.6) is 0 Å². The molecule has 1 aromatic carbocycles. The van der Waals surface area contributed by atoms with Gasteiger partial charge in [-0.15, -0.1) is 0 Å². The molecule has 21 heavy (non-hydrogen) atoms. The molecule has 1 amide bonds. The molecular formula is C16H22ClN3O. The topological polar surface area (TPSA) is 26.8 Å². The maximum absolute atomic E-state index is 12.3. The lowest BCUT2D eigenvalue weighted by atomic mass is 10.2. The van der Waals surface area contributed by atoms with Gasteiger partial charge >= 0.3 is 0 Å². The van der Waals surface area contributed by atoms with E-state index in [0.717, 1.165) is 50.0 Å². The van der Waals surface area contributed by atoms with E-state index < -0.39 is 0 Å². The molecule has 2 aliphatic heterocycles. The third-order valence-electron chi connectivity index (χ3n) is 4.36. The number of hydrogen-bond donors (Lipinski definition) is 0. The standard InChI is InChI=1S/C16H22ClN3O/c17-14-4-3-5-15(12-14)19-8-10-20(11-9-19)16(21)13-18-6-1-2-7-18/h3-5,12H,1-2,6-11,13H2. The number of carbonyl (C=O) groups excluding carboxylic acids is 1. The van der Waals surface area contributed by atoms with Crippen molar-refractivity contribution in [2.75, 3.05) is 50.7 Å². The molecule has 0 radical (unpaired) electrons. The quantitative estimate of drug-likeness (QED) is 0.855. The molecular weight excluding hydrogens is 286 g/mol. The summed E-state index contributed by atoms with van der Waals surface area (Å²) in [5.41, 5.74) is 1.15. The smallest absolute Gasteiger partial charge is 0.236 e.